The summed E-state index contributed by atoms with van der Waals surface area (Å²) in [6.07, 6.45) is 0. The van der Waals surface area contributed by atoms with Gasteiger partial charge in [-0.15, -0.1) is 0 Å². The molecule has 0 aliphatic heterocycles. The second-order valence-electron chi connectivity index (χ2n) is 6.98. The number of nitrogens with one attached hydrogen (secondary N) is 1. The number of aryl methyl sites for hydroxylation is 1. The number of amides is 1. The quantitative estimate of drug-likeness (QED) is 0.620. The van der Waals surface area contributed by atoms with Crippen LogP contribution in [-0.4, -0.2) is 32.7 Å². The van der Waals surface area contributed by atoms with Crippen molar-refractivity contribution in [3.8, 4) is 5.75 Å². The highest BCUT2D eigenvalue weighted by atomic mass is 32.2. The van der Waals surface area contributed by atoms with Crippen LogP contribution in [0.5, 0.6) is 5.75 Å². The number of carbonyl (C=O) groups excluding carboxylic acids is 1. The van der Waals surface area contributed by atoms with Crippen molar-refractivity contribution >= 4 is 21.6 Å². The van der Waals surface area contributed by atoms with Gasteiger partial charge in [0.2, 0.25) is 10.0 Å². The maximum Gasteiger partial charge on any atom is 0.256 e. The third-order valence-electron chi connectivity index (χ3n) is 4.64. The SMILES string of the molecule is Cc1ccc(S(=O)(=O)N(C)C)cc1NC(=O)c1ccccc1COc1ccccc1. The summed E-state index contributed by atoms with van der Waals surface area (Å²) >= 11 is 0. The van der Waals surface area contributed by atoms with E-state index < -0.39 is 10.0 Å². The van der Waals surface area contributed by atoms with Crippen LogP contribution in [0, 0.1) is 6.92 Å². The van der Waals surface area contributed by atoms with E-state index in [2.05, 4.69) is 5.32 Å². The minimum atomic E-state index is -3.60. The van der Waals surface area contributed by atoms with Crippen LogP contribution in [0.1, 0.15) is 21.5 Å². The summed E-state index contributed by atoms with van der Waals surface area (Å²) in [5.74, 6) is 0.384. The van der Waals surface area contributed by atoms with Crippen molar-refractivity contribution in [2.45, 2.75) is 18.4 Å². The fourth-order valence-corrected chi connectivity index (χ4v) is 3.77. The summed E-state index contributed by atoms with van der Waals surface area (Å²) in [5.41, 5.74) is 2.41. The van der Waals surface area contributed by atoms with Crippen molar-refractivity contribution in [3.05, 3.63) is 89.5 Å². The Morgan fingerprint density at radius 3 is 2.33 bits per heavy atom. The number of hydrogen-bond donors (Lipinski definition) is 1. The lowest BCUT2D eigenvalue weighted by Gasteiger charge is -2.15. The minimum Gasteiger partial charge on any atom is -0.489 e. The summed E-state index contributed by atoms with van der Waals surface area (Å²) < 4.78 is 31.8. The largest absolute Gasteiger partial charge is 0.489 e. The van der Waals surface area contributed by atoms with Gasteiger partial charge in [-0.2, -0.15) is 0 Å². The van der Waals surface area contributed by atoms with E-state index in [9.17, 15) is 13.2 Å². The average Bonchev–Trinajstić information content (AvgIpc) is 2.74. The maximum atomic E-state index is 13.0. The van der Waals surface area contributed by atoms with Crippen LogP contribution in [0.25, 0.3) is 0 Å². The Hall–Kier alpha value is -3.16. The molecular weight excluding hydrogens is 400 g/mol. The van der Waals surface area contributed by atoms with Crippen LogP contribution in [0.15, 0.2) is 77.7 Å². The van der Waals surface area contributed by atoms with Crippen LogP contribution in [0.4, 0.5) is 5.69 Å². The van der Waals surface area contributed by atoms with Gasteiger partial charge in [-0.25, -0.2) is 12.7 Å². The molecule has 3 aromatic carbocycles. The van der Waals surface area contributed by atoms with Crippen molar-refractivity contribution in [2.75, 3.05) is 19.4 Å². The van der Waals surface area contributed by atoms with Gasteiger partial charge in [0.25, 0.3) is 5.91 Å². The molecule has 0 aliphatic rings. The van der Waals surface area contributed by atoms with Crippen LogP contribution < -0.4 is 10.1 Å². The number of carbonyl (C=O) groups is 1. The van der Waals surface area contributed by atoms with Crippen LogP contribution >= 0.6 is 0 Å². The van der Waals surface area contributed by atoms with Gasteiger partial charge in [-0.05, 0) is 42.8 Å². The summed E-state index contributed by atoms with van der Waals surface area (Å²) in [6, 6.07) is 21.2. The van der Waals surface area contributed by atoms with E-state index in [0.717, 1.165) is 15.4 Å². The molecule has 3 aromatic rings. The average molecular weight is 425 g/mol. The van der Waals surface area contributed by atoms with Gasteiger partial charge in [-0.3, -0.25) is 4.79 Å². The highest BCUT2D eigenvalue weighted by Gasteiger charge is 2.19. The second-order valence-corrected chi connectivity index (χ2v) is 9.13. The van der Waals surface area contributed by atoms with Crippen LogP contribution in [-0.2, 0) is 16.6 Å². The van der Waals surface area contributed by atoms with E-state index in [1.54, 1.807) is 18.2 Å². The normalized spacial score (nSPS) is 11.3. The zero-order chi connectivity index (χ0) is 21.7. The third kappa shape index (κ3) is 4.87. The Labute approximate surface area is 177 Å². The molecule has 6 nitrogen and oxygen atoms in total. The molecule has 0 unspecified atom stereocenters. The summed E-state index contributed by atoms with van der Waals surface area (Å²) in [6.45, 7) is 2.05. The lowest BCUT2D eigenvalue weighted by atomic mass is 10.1. The lowest BCUT2D eigenvalue weighted by Crippen LogP contribution is -2.22. The highest BCUT2D eigenvalue weighted by molar-refractivity contribution is 7.89. The van der Waals surface area contributed by atoms with Crippen LogP contribution in [0.2, 0.25) is 0 Å². The fourth-order valence-electron chi connectivity index (χ4n) is 2.84. The highest BCUT2D eigenvalue weighted by Crippen LogP contribution is 2.23. The Morgan fingerprint density at radius 1 is 0.967 bits per heavy atom. The van der Waals surface area contributed by atoms with Crippen molar-refractivity contribution < 1.29 is 17.9 Å². The molecule has 7 heteroatoms. The van der Waals surface area contributed by atoms with Gasteiger partial charge < -0.3 is 10.1 Å². The van der Waals surface area contributed by atoms with E-state index in [-0.39, 0.29) is 17.4 Å². The van der Waals surface area contributed by atoms with Crippen LogP contribution in [0.3, 0.4) is 0 Å². The molecule has 0 radical (unpaired) electrons. The number of rotatable bonds is 7. The number of benzene rings is 3. The molecule has 156 valence electrons. The molecule has 1 amide bonds. The predicted molar refractivity (Wildman–Crippen MR) is 117 cm³/mol. The number of sulfonamides is 1. The molecule has 3 rings (SSSR count). The van der Waals surface area contributed by atoms with Gasteiger partial charge >= 0.3 is 0 Å². The van der Waals surface area contributed by atoms with Gasteiger partial charge in [0.05, 0.1) is 4.90 Å². The van der Waals surface area contributed by atoms with Crippen molar-refractivity contribution in [1.29, 1.82) is 0 Å². The van der Waals surface area contributed by atoms with Gasteiger partial charge in [-0.1, -0.05) is 42.5 Å². The molecule has 0 saturated heterocycles. The molecule has 1 N–H and O–H groups in total. The van der Waals surface area contributed by atoms with E-state index in [1.807, 2.05) is 49.4 Å². The topological polar surface area (TPSA) is 75.7 Å². The van der Waals surface area contributed by atoms with E-state index in [4.69, 9.17) is 4.74 Å². The fraction of sp³-hybridized carbons (Fsp3) is 0.174. The molecule has 30 heavy (non-hydrogen) atoms. The number of nitrogens with zero attached hydrogens (tertiary/aromatic N) is 1. The van der Waals surface area contributed by atoms with Crippen molar-refractivity contribution in [1.82, 2.24) is 4.31 Å². The van der Waals surface area contributed by atoms with E-state index >= 15 is 0 Å². The first kappa shape index (κ1) is 21.5. The molecule has 0 atom stereocenters. The monoisotopic (exact) mass is 424 g/mol. The van der Waals surface area contributed by atoms with Crippen molar-refractivity contribution in [3.63, 3.8) is 0 Å². The number of anilines is 1. The standard InChI is InChI=1S/C23H24N2O4S/c1-17-13-14-20(30(27,28)25(2)3)15-22(17)24-23(26)21-12-8-7-9-18(21)16-29-19-10-5-4-6-11-19/h4-15H,16H2,1-3H3,(H,24,26). The predicted octanol–water partition coefficient (Wildman–Crippen LogP) is 4.08. The second kappa shape index (κ2) is 9.11. The Bertz CT molecular complexity index is 1140. The zero-order valence-electron chi connectivity index (χ0n) is 17.1. The summed E-state index contributed by atoms with van der Waals surface area (Å²) in [7, 11) is -0.665. The smallest absolute Gasteiger partial charge is 0.256 e. The van der Waals surface area contributed by atoms with Crippen molar-refractivity contribution in [2.24, 2.45) is 0 Å². The lowest BCUT2D eigenvalue weighted by molar-refractivity contribution is 0.102. The Morgan fingerprint density at radius 2 is 1.63 bits per heavy atom. The molecule has 0 heterocycles. The third-order valence-corrected chi connectivity index (χ3v) is 6.45. The van der Waals surface area contributed by atoms with Gasteiger partial charge in [0.15, 0.2) is 0 Å². The summed E-state index contributed by atoms with van der Waals surface area (Å²) in [4.78, 5) is 13.1. The molecule has 0 saturated carbocycles. The molecule has 0 aliphatic carbocycles. The first-order valence-corrected chi connectivity index (χ1v) is 10.8. The minimum absolute atomic E-state index is 0.120. The Kier molecular flexibility index (Phi) is 6.54. The van der Waals surface area contributed by atoms with Gasteiger partial charge in [0.1, 0.15) is 12.4 Å². The number of ether oxygens (including phenoxy) is 1. The molecule has 0 bridgehead atoms. The first-order chi connectivity index (χ1) is 14.3. The summed E-state index contributed by atoms with van der Waals surface area (Å²) in [5, 5.41) is 2.84. The molecule has 0 aromatic heterocycles. The van der Waals surface area contributed by atoms with E-state index in [0.29, 0.717) is 17.0 Å². The maximum absolute atomic E-state index is 13.0. The van der Waals surface area contributed by atoms with E-state index in [1.165, 1.54) is 26.2 Å². The number of para-hydroxylation sites is 1. The Balaban J connectivity index is 1.83. The molecule has 0 spiro atoms. The van der Waals surface area contributed by atoms with Gasteiger partial charge in [0, 0.05) is 30.9 Å². The molecular formula is C23H24N2O4S. The first-order valence-electron chi connectivity index (χ1n) is 9.39. The number of hydrogen-bond acceptors (Lipinski definition) is 4. The molecule has 0 fully saturated rings. The zero-order valence-corrected chi connectivity index (χ0v) is 17.9.